The van der Waals surface area contributed by atoms with Crippen molar-refractivity contribution in [3.63, 3.8) is 0 Å². The highest BCUT2D eigenvalue weighted by molar-refractivity contribution is 5.71. The zero-order chi connectivity index (χ0) is 43.0. The van der Waals surface area contributed by atoms with Gasteiger partial charge in [0.1, 0.15) is 13.2 Å². The molecule has 0 radical (unpaired) electrons. The molecule has 0 heterocycles. The summed E-state index contributed by atoms with van der Waals surface area (Å²) in [5, 5.41) is 0. The second-order valence-corrected chi connectivity index (χ2v) is 14.4. The molecule has 59 heavy (non-hydrogen) atoms. The molecule has 0 fully saturated rings. The molecule has 0 aromatic heterocycles. The summed E-state index contributed by atoms with van der Waals surface area (Å²) >= 11 is 0. The number of carbonyl (C=O) groups excluding carboxylic acids is 3. The molecule has 0 aliphatic rings. The molecule has 0 aliphatic carbocycles. The van der Waals surface area contributed by atoms with Crippen LogP contribution in [0.5, 0.6) is 0 Å². The predicted molar refractivity (Wildman–Crippen MR) is 251 cm³/mol. The Morgan fingerprint density at radius 3 is 1.17 bits per heavy atom. The molecule has 0 rings (SSSR count). The molecule has 0 bridgehead atoms. The summed E-state index contributed by atoms with van der Waals surface area (Å²) in [4.78, 5) is 37.7. The van der Waals surface area contributed by atoms with E-state index in [1.165, 1.54) is 25.7 Å². The predicted octanol–water partition coefficient (Wildman–Crippen LogP) is 14.7. The summed E-state index contributed by atoms with van der Waals surface area (Å²) in [5.74, 6) is -1.04. The van der Waals surface area contributed by atoms with Crippen molar-refractivity contribution in [3.8, 4) is 0 Å². The van der Waals surface area contributed by atoms with Crippen molar-refractivity contribution in [3.05, 3.63) is 134 Å². The fourth-order valence-corrected chi connectivity index (χ4v) is 5.48. The van der Waals surface area contributed by atoms with Gasteiger partial charge in [0, 0.05) is 19.3 Å². The lowest BCUT2D eigenvalue weighted by atomic mass is 10.1. The molecule has 0 aliphatic heterocycles. The molecule has 0 N–H and O–H groups in total. The highest BCUT2D eigenvalue weighted by Gasteiger charge is 2.19. The lowest BCUT2D eigenvalue weighted by molar-refractivity contribution is -0.167. The Bertz CT molecular complexity index is 1350. The van der Waals surface area contributed by atoms with E-state index in [1.54, 1.807) is 0 Å². The van der Waals surface area contributed by atoms with Gasteiger partial charge in [-0.05, 0) is 77.0 Å². The summed E-state index contributed by atoms with van der Waals surface area (Å²) < 4.78 is 16.6. The fourth-order valence-electron chi connectivity index (χ4n) is 5.48. The van der Waals surface area contributed by atoms with Crippen LogP contribution in [0.2, 0.25) is 0 Å². The molecule has 0 aromatic carbocycles. The summed E-state index contributed by atoms with van der Waals surface area (Å²) in [6.07, 6.45) is 64.4. The van der Waals surface area contributed by atoms with Crippen molar-refractivity contribution in [2.45, 2.75) is 168 Å². The molecule has 0 amide bonds. The van der Waals surface area contributed by atoms with Crippen molar-refractivity contribution < 1.29 is 28.6 Å². The van der Waals surface area contributed by atoms with E-state index in [1.807, 2.05) is 79.0 Å². The van der Waals surface area contributed by atoms with E-state index in [4.69, 9.17) is 14.2 Å². The standard InChI is InChI=1S/C53H80O6/c1-4-7-10-13-16-19-21-23-24-25-26-27-28-30-31-34-37-40-43-46-52(55)58-49-50(48-57-51(54)45-42-39-36-33-18-15-12-9-6-3)59-53(56)47-44-41-38-35-32-29-22-20-17-14-11-8-5-2/h7-8,10-11,13-14,16-17,19-28,30-31,33,36,50H,4-6,9,12,15,18,29,32,34-35,37-49H2,1-3H3/b10-7-,11-8-,16-13-,17-14-,21-19-,22-20-,24-23-,26-25+,28-27-,31-30-,36-33-. The highest BCUT2D eigenvalue weighted by Crippen LogP contribution is 2.11. The van der Waals surface area contributed by atoms with Gasteiger partial charge in [-0.15, -0.1) is 0 Å². The Balaban J connectivity index is 4.54. The molecule has 0 spiro atoms. The van der Waals surface area contributed by atoms with Crippen molar-refractivity contribution >= 4 is 17.9 Å². The smallest absolute Gasteiger partial charge is 0.306 e. The fraction of sp³-hybridized carbons (Fsp3) is 0.528. The van der Waals surface area contributed by atoms with Gasteiger partial charge in [-0.3, -0.25) is 14.4 Å². The summed E-state index contributed by atoms with van der Waals surface area (Å²) in [5.41, 5.74) is 0. The van der Waals surface area contributed by atoms with Crippen LogP contribution >= 0.6 is 0 Å². The maximum Gasteiger partial charge on any atom is 0.306 e. The Morgan fingerprint density at radius 1 is 0.356 bits per heavy atom. The van der Waals surface area contributed by atoms with Crippen LogP contribution < -0.4 is 0 Å². The molecule has 0 saturated carbocycles. The topological polar surface area (TPSA) is 78.9 Å². The molecule has 0 aromatic rings. The third kappa shape index (κ3) is 44.5. The molecular weight excluding hydrogens is 733 g/mol. The number of hydrogen-bond acceptors (Lipinski definition) is 6. The first-order chi connectivity index (χ1) is 29.0. The summed E-state index contributed by atoms with van der Waals surface area (Å²) in [7, 11) is 0. The average molecular weight is 813 g/mol. The van der Waals surface area contributed by atoms with Crippen LogP contribution in [0, 0.1) is 0 Å². The van der Waals surface area contributed by atoms with E-state index in [-0.39, 0.29) is 44.0 Å². The maximum absolute atomic E-state index is 12.7. The van der Waals surface area contributed by atoms with Crippen LogP contribution in [-0.2, 0) is 28.6 Å². The largest absolute Gasteiger partial charge is 0.462 e. The minimum absolute atomic E-state index is 0.122. The number of allylic oxidation sites excluding steroid dienone is 22. The van der Waals surface area contributed by atoms with Crippen LogP contribution in [-0.4, -0.2) is 37.2 Å². The molecule has 1 atom stereocenters. The van der Waals surface area contributed by atoms with Gasteiger partial charge < -0.3 is 14.2 Å². The van der Waals surface area contributed by atoms with Crippen molar-refractivity contribution in [1.29, 1.82) is 0 Å². The van der Waals surface area contributed by atoms with Gasteiger partial charge in [0.15, 0.2) is 6.10 Å². The molecule has 1 unspecified atom stereocenters. The van der Waals surface area contributed by atoms with Gasteiger partial charge in [0.25, 0.3) is 0 Å². The van der Waals surface area contributed by atoms with Crippen LogP contribution in [0.1, 0.15) is 162 Å². The minimum atomic E-state index is -0.821. The SMILES string of the molecule is CC\C=C/C=C\C=C/C=C\C=C\C=C/C=C\CCCCCC(=O)OCC(COC(=O)CCC/C=C\CCCCCC)OC(=O)CCCCCCC\C=C/C=C\C=C/CC. The molecule has 6 nitrogen and oxygen atoms in total. The Kier molecular flexibility index (Phi) is 42.8. The molecule has 6 heteroatoms. The normalized spacial score (nSPS) is 13.3. The Morgan fingerprint density at radius 2 is 0.695 bits per heavy atom. The van der Waals surface area contributed by atoms with Crippen molar-refractivity contribution in [2.24, 2.45) is 0 Å². The lowest BCUT2D eigenvalue weighted by Gasteiger charge is -2.18. The quantitative estimate of drug-likeness (QED) is 0.0203. The Hall–Kier alpha value is -4.45. The third-order valence-electron chi connectivity index (χ3n) is 8.88. The zero-order valence-electron chi connectivity index (χ0n) is 37.2. The highest BCUT2D eigenvalue weighted by atomic mass is 16.6. The number of hydrogen-bond donors (Lipinski definition) is 0. The van der Waals surface area contributed by atoms with E-state index in [2.05, 4.69) is 75.5 Å². The van der Waals surface area contributed by atoms with Crippen LogP contribution in [0.3, 0.4) is 0 Å². The Labute approximate surface area is 360 Å². The van der Waals surface area contributed by atoms with Gasteiger partial charge in [-0.25, -0.2) is 0 Å². The van der Waals surface area contributed by atoms with Crippen molar-refractivity contribution in [2.75, 3.05) is 13.2 Å². The molecular formula is C53H80O6. The number of ether oxygens (including phenoxy) is 3. The van der Waals surface area contributed by atoms with Gasteiger partial charge in [-0.1, -0.05) is 199 Å². The van der Waals surface area contributed by atoms with Gasteiger partial charge >= 0.3 is 17.9 Å². The van der Waals surface area contributed by atoms with Crippen molar-refractivity contribution in [1.82, 2.24) is 0 Å². The average Bonchev–Trinajstić information content (AvgIpc) is 3.23. The van der Waals surface area contributed by atoms with E-state index >= 15 is 0 Å². The number of esters is 3. The first-order valence-corrected chi connectivity index (χ1v) is 22.8. The first kappa shape index (κ1) is 54.6. The van der Waals surface area contributed by atoms with Crippen LogP contribution in [0.4, 0.5) is 0 Å². The number of rotatable bonds is 38. The number of carbonyl (C=O) groups is 3. The first-order valence-electron chi connectivity index (χ1n) is 22.8. The second-order valence-electron chi connectivity index (χ2n) is 14.4. The summed E-state index contributed by atoms with van der Waals surface area (Å²) in [6, 6.07) is 0. The summed E-state index contributed by atoms with van der Waals surface area (Å²) in [6.45, 7) is 6.20. The molecule has 328 valence electrons. The second kappa shape index (κ2) is 46.2. The minimum Gasteiger partial charge on any atom is -0.462 e. The van der Waals surface area contributed by atoms with E-state index < -0.39 is 6.10 Å². The van der Waals surface area contributed by atoms with Crippen LogP contribution in [0.25, 0.3) is 0 Å². The van der Waals surface area contributed by atoms with E-state index in [0.29, 0.717) is 19.3 Å². The maximum atomic E-state index is 12.7. The third-order valence-corrected chi connectivity index (χ3v) is 8.88. The van der Waals surface area contributed by atoms with Gasteiger partial charge in [0.2, 0.25) is 0 Å². The van der Waals surface area contributed by atoms with E-state index in [0.717, 1.165) is 83.5 Å². The van der Waals surface area contributed by atoms with Gasteiger partial charge in [-0.2, -0.15) is 0 Å². The zero-order valence-corrected chi connectivity index (χ0v) is 37.2. The van der Waals surface area contributed by atoms with Gasteiger partial charge in [0.05, 0.1) is 0 Å². The van der Waals surface area contributed by atoms with E-state index in [9.17, 15) is 14.4 Å². The molecule has 0 saturated heterocycles. The number of unbranched alkanes of at least 4 members (excludes halogenated alkanes) is 13. The van der Waals surface area contributed by atoms with Crippen LogP contribution in [0.15, 0.2) is 134 Å². The monoisotopic (exact) mass is 813 g/mol. The lowest BCUT2D eigenvalue weighted by Crippen LogP contribution is -2.30.